The Kier molecular flexibility index (Phi) is 4.49. The van der Waals surface area contributed by atoms with Crippen LogP contribution in [0, 0.1) is 5.92 Å². The lowest BCUT2D eigenvalue weighted by Crippen LogP contribution is -2.31. The molecule has 4 nitrogen and oxygen atoms in total. The van der Waals surface area contributed by atoms with Crippen LogP contribution in [0.15, 0.2) is 28.7 Å². The van der Waals surface area contributed by atoms with Crippen molar-refractivity contribution in [3.05, 3.63) is 34.3 Å². The topological polar surface area (TPSA) is 66.4 Å². The molecule has 0 aromatic heterocycles. The Balaban J connectivity index is 2.56. The molecular weight excluding hydrogens is 274 g/mol. The van der Waals surface area contributed by atoms with Crippen molar-refractivity contribution in [1.29, 1.82) is 0 Å². The van der Waals surface area contributed by atoms with E-state index in [4.69, 9.17) is 5.11 Å². The second-order valence-corrected chi connectivity index (χ2v) is 4.38. The van der Waals surface area contributed by atoms with E-state index in [1.54, 1.807) is 25.1 Å². The van der Waals surface area contributed by atoms with E-state index in [1.165, 1.54) is 0 Å². The smallest absolute Gasteiger partial charge is 0.308 e. The third kappa shape index (κ3) is 3.66. The second-order valence-electron chi connectivity index (χ2n) is 3.46. The maximum Gasteiger partial charge on any atom is 0.308 e. The molecule has 1 rings (SSSR count). The number of nitrogens with one attached hydrogen (secondary N) is 1. The van der Waals surface area contributed by atoms with Crippen LogP contribution in [-0.4, -0.2) is 23.5 Å². The molecule has 1 amide bonds. The standard InChI is InChI=1S/C11H12BrNO3/c1-7(11(15)16)6-13-10(14)8-3-2-4-9(12)5-8/h2-5,7H,6H2,1H3,(H,13,14)(H,15,16)/t7-/m0/s1. The molecule has 0 saturated heterocycles. The molecule has 0 spiro atoms. The molecule has 86 valence electrons. The highest BCUT2D eigenvalue weighted by Crippen LogP contribution is 2.11. The van der Waals surface area contributed by atoms with Gasteiger partial charge in [0.1, 0.15) is 0 Å². The van der Waals surface area contributed by atoms with Crippen molar-refractivity contribution < 1.29 is 14.7 Å². The van der Waals surface area contributed by atoms with Crippen LogP contribution in [0.4, 0.5) is 0 Å². The number of rotatable bonds is 4. The number of carbonyl (C=O) groups is 2. The van der Waals surface area contributed by atoms with Crippen molar-refractivity contribution in [2.24, 2.45) is 5.92 Å². The number of carboxylic acid groups (broad SMARTS) is 1. The molecule has 1 atom stereocenters. The average Bonchev–Trinajstić information content (AvgIpc) is 2.25. The average molecular weight is 286 g/mol. The zero-order valence-electron chi connectivity index (χ0n) is 8.74. The van der Waals surface area contributed by atoms with E-state index in [0.717, 1.165) is 4.47 Å². The highest BCUT2D eigenvalue weighted by atomic mass is 79.9. The van der Waals surface area contributed by atoms with Crippen LogP contribution in [-0.2, 0) is 4.79 Å². The van der Waals surface area contributed by atoms with E-state index in [2.05, 4.69) is 21.2 Å². The zero-order chi connectivity index (χ0) is 12.1. The summed E-state index contributed by atoms with van der Waals surface area (Å²) in [4.78, 5) is 22.1. The number of hydrogen-bond donors (Lipinski definition) is 2. The molecule has 16 heavy (non-hydrogen) atoms. The summed E-state index contributed by atoms with van der Waals surface area (Å²) in [7, 11) is 0. The van der Waals surface area contributed by atoms with Gasteiger partial charge in [-0.2, -0.15) is 0 Å². The number of hydrogen-bond acceptors (Lipinski definition) is 2. The fourth-order valence-electron chi connectivity index (χ4n) is 1.06. The SMILES string of the molecule is C[C@@H](CNC(=O)c1cccc(Br)c1)C(=O)O. The van der Waals surface area contributed by atoms with Crippen LogP contribution in [0.3, 0.4) is 0 Å². The Bertz CT molecular complexity index is 406. The van der Waals surface area contributed by atoms with Gasteiger partial charge in [-0.1, -0.05) is 28.9 Å². The van der Waals surface area contributed by atoms with E-state index in [9.17, 15) is 9.59 Å². The summed E-state index contributed by atoms with van der Waals surface area (Å²) in [5, 5.41) is 11.2. The van der Waals surface area contributed by atoms with Gasteiger partial charge < -0.3 is 10.4 Å². The Hall–Kier alpha value is -1.36. The molecule has 1 aromatic rings. The first-order chi connectivity index (χ1) is 7.50. The van der Waals surface area contributed by atoms with Gasteiger partial charge in [-0.25, -0.2) is 0 Å². The van der Waals surface area contributed by atoms with E-state index in [-0.39, 0.29) is 12.5 Å². The minimum absolute atomic E-state index is 0.126. The van der Waals surface area contributed by atoms with Crippen molar-refractivity contribution in [2.45, 2.75) is 6.92 Å². The molecule has 0 radical (unpaired) electrons. The van der Waals surface area contributed by atoms with Gasteiger partial charge in [0.15, 0.2) is 0 Å². The summed E-state index contributed by atoms with van der Waals surface area (Å²) in [5.74, 6) is -1.78. The highest BCUT2D eigenvalue weighted by Gasteiger charge is 2.12. The lowest BCUT2D eigenvalue weighted by molar-refractivity contribution is -0.140. The number of amides is 1. The van der Waals surface area contributed by atoms with Gasteiger partial charge in [0.05, 0.1) is 5.92 Å². The summed E-state index contributed by atoms with van der Waals surface area (Å²) in [5.41, 5.74) is 0.506. The Morgan fingerprint density at radius 3 is 2.75 bits per heavy atom. The molecule has 5 heteroatoms. The van der Waals surface area contributed by atoms with Crippen LogP contribution in [0.5, 0.6) is 0 Å². The minimum Gasteiger partial charge on any atom is -0.481 e. The van der Waals surface area contributed by atoms with E-state index in [0.29, 0.717) is 5.56 Å². The molecule has 0 aliphatic carbocycles. The minimum atomic E-state index is -0.922. The molecule has 2 N–H and O–H groups in total. The normalized spacial score (nSPS) is 11.9. The third-order valence-electron chi connectivity index (χ3n) is 2.08. The van der Waals surface area contributed by atoms with Crippen LogP contribution < -0.4 is 5.32 Å². The summed E-state index contributed by atoms with van der Waals surface area (Å²) >= 11 is 3.26. The van der Waals surface area contributed by atoms with Gasteiger partial charge in [-0.05, 0) is 18.2 Å². The first kappa shape index (κ1) is 12.7. The van der Waals surface area contributed by atoms with Gasteiger partial charge in [-0.15, -0.1) is 0 Å². The summed E-state index contributed by atoms with van der Waals surface area (Å²) in [6.07, 6.45) is 0. The summed E-state index contributed by atoms with van der Waals surface area (Å²) in [6.45, 7) is 1.67. The molecule has 1 aromatic carbocycles. The van der Waals surface area contributed by atoms with Crippen molar-refractivity contribution in [3.8, 4) is 0 Å². The molecule has 0 saturated carbocycles. The number of carbonyl (C=O) groups excluding carboxylic acids is 1. The number of benzene rings is 1. The fraction of sp³-hybridized carbons (Fsp3) is 0.273. The zero-order valence-corrected chi connectivity index (χ0v) is 10.3. The van der Waals surface area contributed by atoms with Crippen molar-refractivity contribution in [2.75, 3.05) is 6.54 Å². The lowest BCUT2D eigenvalue weighted by atomic mass is 10.1. The molecule has 0 fully saturated rings. The third-order valence-corrected chi connectivity index (χ3v) is 2.57. The fourth-order valence-corrected chi connectivity index (χ4v) is 1.46. The van der Waals surface area contributed by atoms with Crippen molar-refractivity contribution in [1.82, 2.24) is 5.32 Å². The maximum atomic E-state index is 11.6. The van der Waals surface area contributed by atoms with Gasteiger partial charge in [0, 0.05) is 16.6 Å². The van der Waals surface area contributed by atoms with Gasteiger partial charge >= 0.3 is 5.97 Å². The van der Waals surface area contributed by atoms with Crippen LogP contribution >= 0.6 is 15.9 Å². The van der Waals surface area contributed by atoms with Crippen LogP contribution in [0.1, 0.15) is 17.3 Å². The molecule has 0 heterocycles. The number of carboxylic acids is 1. The van der Waals surface area contributed by atoms with Gasteiger partial charge in [0.25, 0.3) is 5.91 Å². The highest BCUT2D eigenvalue weighted by molar-refractivity contribution is 9.10. The monoisotopic (exact) mass is 285 g/mol. The molecule has 0 unspecified atom stereocenters. The first-order valence-electron chi connectivity index (χ1n) is 4.77. The Labute approximate surface area is 102 Å². The molecule has 0 bridgehead atoms. The van der Waals surface area contributed by atoms with E-state index in [1.807, 2.05) is 6.07 Å². The van der Waals surface area contributed by atoms with Crippen molar-refractivity contribution in [3.63, 3.8) is 0 Å². The van der Waals surface area contributed by atoms with Crippen molar-refractivity contribution >= 4 is 27.8 Å². The van der Waals surface area contributed by atoms with E-state index >= 15 is 0 Å². The first-order valence-corrected chi connectivity index (χ1v) is 5.56. The molecular formula is C11H12BrNO3. The number of halogens is 1. The number of aliphatic carboxylic acids is 1. The van der Waals surface area contributed by atoms with Crippen LogP contribution in [0.25, 0.3) is 0 Å². The predicted molar refractivity (Wildman–Crippen MR) is 63.3 cm³/mol. The largest absolute Gasteiger partial charge is 0.481 e. The summed E-state index contributed by atoms with van der Waals surface area (Å²) in [6, 6.07) is 6.92. The quantitative estimate of drug-likeness (QED) is 0.888. The predicted octanol–water partition coefficient (Wildman–Crippen LogP) is 1.90. The summed E-state index contributed by atoms with van der Waals surface area (Å²) < 4.78 is 0.812. The molecule has 0 aliphatic heterocycles. The van der Waals surface area contributed by atoms with E-state index < -0.39 is 11.9 Å². The molecule has 0 aliphatic rings. The van der Waals surface area contributed by atoms with Gasteiger partial charge in [-0.3, -0.25) is 9.59 Å². The van der Waals surface area contributed by atoms with Crippen LogP contribution in [0.2, 0.25) is 0 Å². The Morgan fingerprint density at radius 1 is 1.50 bits per heavy atom. The Morgan fingerprint density at radius 2 is 2.19 bits per heavy atom. The lowest BCUT2D eigenvalue weighted by Gasteiger charge is -2.08. The maximum absolute atomic E-state index is 11.6. The van der Waals surface area contributed by atoms with Gasteiger partial charge in [0.2, 0.25) is 0 Å². The second kappa shape index (κ2) is 5.65.